The molecule has 3 unspecified atom stereocenters. The van der Waals surface area contributed by atoms with Crippen LogP contribution in [0.2, 0.25) is 0 Å². The van der Waals surface area contributed by atoms with Gasteiger partial charge in [-0.05, 0) is 38.5 Å². The van der Waals surface area contributed by atoms with E-state index in [0.717, 1.165) is 0 Å². The Morgan fingerprint density at radius 3 is 2.15 bits per heavy atom. The molecule has 1 heterocycles. The monoisotopic (exact) mass is 484 g/mol. The molecule has 0 bridgehead atoms. The number of nitrogens with zero attached hydrogens (tertiary/aromatic N) is 3. The number of aliphatic carboxylic acids is 1. The smallest absolute Gasteiger partial charge is 0.322 e. The highest BCUT2D eigenvalue weighted by Crippen LogP contribution is 2.20. The van der Waals surface area contributed by atoms with Crippen molar-refractivity contribution in [3.05, 3.63) is 0 Å². The lowest BCUT2D eigenvalue weighted by Crippen LogP contribution is -2.55. The van der Waals surface area contributed by atoms with Crippen molar-refractivity contribution < 1.29 is 24.3 Å². The molecule has 0 radical (unpaired) electrons. The van der Waals surface area contributed by atoms with Gasteiger partial charge in [-0.15, -0.1) is 0 Å². The van der Waals surface area contributed by atoms with Crippen molar-refractivity contribution >= 4 is 35.6 Å². The summed E-state index contributed by atoms with van der Waals surface area (Å²) in [5.74, 6) is -2.89. The third-order valence-electron chi connectivity index (χ3n) is 5.12. The van der Waals surface area contributed by atoms with Crippen LogP contribution < -0.4 is 39.3 Å². The standard InChI is InChI=1S/C19H36N10O5/c20-11(4-1-7-25-18(21)22)15(32)28-12(5-2-8-26-19(23)24)17(34)29-9-3-6-13(29)16(33)27-10-14(30)31/h11-13H,1-10,20H2,(H,27,33)(H,28,32)(H,30,31)(H4,21,22,25)(H4,23,24,26). The van der Waals surface area contributed by atoms with Crippen molar-refractivity contribution in [3.63, 3.8) is 0 Å². The van der Waals surface area contributed by atoms with Crippen molar-refractivity contribution in [1.82, 2.24) is 15.5 Å². The van der Waals surface area contributed by atoms with E-state index in [1.165, 1.54) is 4.90 Å². The van der Waals surface area contributed by atoms with Gasteiger partial charge in [-0.2, -0.15) is 0 Å². The number of carboxylic acid groups (broad SMARTS) is 1. The fraction of sp³-hybridized carbons (Fsp3) is 0.684. The van der Waals surface area contributed by atoms with Crippen LogP contribution in [0.15, 0.2) is 9.98 Å². The normalized spacial score (nSPS) is 16.7. The summed E-state index contributed by atoms with van der Waals surface area (Å²) in [7, 11) is 0. The van der Waals surface area contributed by atoms with Gasteiger partial charge >= 0.3 is 5.97 Å². The summed E-state index contributed by atoms with van der Waals surface area (Å²) in [6, 6.07) is -2.68. The molecule has 15 heteroatoms. The Morgan fingerprint density at radius 1 is 1.00 bits per heavy atom. The van der Waals surface area contributed by atoms with Crippen LogP contribution in [0.5, 0.6) is 0 Å². The first-order valence-corrected chi connectivity index (χ1v) is 11.0. The molecule has 0 saturated carbocycles. The van der Waals surface area contributed by atoms with Gasteiger partial charge in [0, 0.05) is 19.6 Å². The van der Waals surface area contributed by atoms with Gasteiger partial charge < -0.3 is 49.3 Å². The number of carbonyl (C=O) groups excluding carboxylic acids is 3. The van der Waals surface area contributed by atoms with Crippen LogP contribution in [0.4, 0.5) is 0 Å². The Kier molecular flexibility index (Phi) is 12.1. The summed E-state index contributed by atoms with van der Waals surface area (Å²) >= 11 is 0. The predicted molar refractivity (Wildman–Crippen MR) is 125 cm³/mol. The lowest BCUT2D eigenvalue weighted by Gasteiger charge is -2.29. The van der Waals surface area contributed by atoms with Crippen molar-refractivity contribution in [1.29, 1.82) is 0 Å². The molecule has 0 aromatic rings. The molecule has 1 fully saturated rings. The molecule has 0 spiro atoms. The largest absolute Gasteiger partial charge is 0.480 e. The summed E-state index contributed by atoms with van der Waals surface area (Å²) in [6.45, 7) is 0.305. The number of rotatable bonds is 14. The average molecular weight is 485 g/mol. The Bertz CT molecular complexity index is 779. The number of likely N-dealkylation sites (tertiary alicyclic amines) is 1. The van der Waals surface area contributed by atoms with Crippen LogP contribution in [-0.2, 0) is 19.2 Å². The topological polar surface area (TPSA) is 271 Å². The average Bonchev–Trinajstić information content (AvgIpc) is 3.26. The highest BCUT2D eigenvalue weighted by Gasteiger charge is 2.37. The number of aliphatic imine (C=N–C) groups is 2. The fourth-order valence-corrected chi connectivity index (χ4v) is 3.47. The molecule has 34 heavy (non-hydrogen) atoms. The van der Waals surface area contributed by atoms with Crippen LogP contribution in [-0.4, -0.2) is 89.9 Å². The van der Waals surface area contributed by atoms with E-state index in [0.29, 0.717) is 45.2 Å². The molecule has 192 valence electrons. The molecule has 1 rings (SSSR count). The van der Waals surface area contributed by atoms with Crippen LogP contribution in [0.25, 0.3) is 0 Å². The van der Waals surface area contributed by atoms with E-state index in [1.54, 1.807) is 0 Å². The zero-order chi connectivity index (χ0) is 25.7. The number of amides is 3. The summed E-state index contributed by atoms with van der Waals surface area (Å²) in [5.41, 5.74) is 27.1. The Morgan fingerprint density at radius 2 is 1.59 bits per heavy atom. The molecule has 3 amide bonds. The number of hydrogen-bond donors (Lipinski definition) is 8. The van der Waals surface area contributed by atoms with Crippen molar-refractivity contribution in [2.75, 3.05) is 26.2 Å². The SMILES string of the molecule is NC(N)=NCCCC(N)C(=O)NC(CCCN=C(N)N)C(=O)N1CCCC1C(=O)NCC(=O)O. The first-order chi connectivity index (χ1) is 16.0. The first-order valence-electron chi connectivity index (χ1n) is 11.0. The number of nitrogens with one attached hydrogen (secondary N) is 2. The zero-order valence-corrected chi connectivity index (χ0v) is 19.1. The van der Waals surface area contributed by atoms with Gasteiger partial charge in [-0.3, -0.25) is 29.2 Å². The number of guanidine groups is 2. The summed E-state index contributed by atoms with van der Waals surface area (Å²) in [4.78, 5) is 58.1. The fourth-order valence-electron chi connectivity index (χ4n) is 3.47. The van der Waals surface area contributed by atoms with Crippen LogP contribution >= 0.6 is 0 Å². The van der Waals surface area contributed by atoms with E-state index in [1.807, 2.05) is 0 Å². The van der Waals surface area contributed by atoms with Gasteiger partial charge in [0.1, 0.15) is 18.6 Å². The third-order valence-corrected chi connectivity index (χ3v) is 5.12. The van der Waals surface area contributed by atoms with Crippen LogP contribution in [0.1, 0.15) is 38.5 Å². The molecule has 0 aromatic heterocycles. The maximum Gasteiger partial charge on any atom is 0.322 e. The molecule has 1 saturated heterocycles. The predicted octanol–water partition coefficient (Wildman–Crippen LogP) is -3.90. The molecular weight excluding hydrogens is 448 g/mol. The zero-order valence-electron chi connectivity index (χ0n) is 19.1. The maximum atomic E-state index is 13.3. The third kappa shape index (κ3) is 10.3. The second-order valence-electron chi connectivity index (χ2n) is 7.87. The maximum absolute atomic E-state index is 13.3. The van der Waals surface area contributed by atoms with Gasteiger partial charge in [-0.25, -0.2) is 0 Å². The second kappa shape index (κ2) is 14.5. The number of carboxylic acids is 1. The highest BCUT2D eigenvalue weighted by atomic mass is 16.4. The summed E-state index contributed by atoms with van der Waals surface area (Å²) in [5, 5.41) is 13.7. The van der Waals surface area contributed by atoms with Crippen molar-refractivity contribution in [2.45, 2.75) is 56.7 Å². The quantitative estimate of drug-likeness (QED) is 0.0673. The molecule has 13 N–H and O–H groups in total. The van der Waals surface area contributed by atoms with E-state index in [4.69, 9.17) is 33.8 Å². The van der Waals surface area contributed by atoms with Gasteiger partial charge in [0.25, 0.3) is 0 Å². The molecule has 3 atom stereocenters. The molecule has 1 aliphatic heterocycles. The Hall–Kier alpha value is -3.62. The van der Waals surface area contributed by atoms with E-state index >= 15 is 0 Å². The molecule has 0 aliphatic carbocycles. The highest BCUT2D eigenvalue weighted by molar-refractivity contribution is 5.94. The summed E-state index contributed by atoms with van der Waals surface area (Å²) < 4.78 is 0. The van der Waals surface area contributed by atoms with E-state index < -0.39 is 48.4 Å². The number of carbonyl (C=O) groups is 4. The van der Waals surface area contributed by atoms with Crippen LogP contribution in [0, 0.1) is 0 Å². The minimum Gasteiger partial charge on any atom is -0.480 e. The lowest BCUT2D eigenvalue weighted by atomic mass is 10.1. The molecule has 1 aliphatic rings. The van der Waals surface area contributed by atoms with Crippen molar-refractivity contribution in [2.24, 2.45) is 38.7 Å². The van der Waals surface area contributed by atoms with Crippen molar-refractivity contribution in [3.8, 4) is 0 Å². The van der Waals surface area contributed by atoms with Gasteiger partial charge in [0.05, 0.1) is 6.04 Å². The first kappa shape index (κ1) is 28.4. The lowest BCUT2D eigenvalue weighted by molar-refractivity contribution is -0.143. The van der Waals surface area contributed by atoms with E-state index in [9.17, 15) is 19.2 Å². The molecular formula is C19H36N10O5. The van der Waals surface area contributed by atoms with Crippen LogP contribution in [0.3, 0.4) is 0 Å². The van der Waals surface area contributed by atoms with Gasteiger partial charge in [0.15, 0.2) is 11.9 Å². The van der Waals surface area contributed by atoms with E-state index in [-0.39, 0.29) is 24.9 Å². The van der Waals surface area contributed by atoms with Gasteiger partial charge in [-0.1, -0.05) is 0 Å². The minimum atomic E-state index is -1.19. The summed E-state index contributed by atoms with van der Waals surface area (Å²) in [6.07, 6.45) is 2.31. The Labute approximate surface area is 197 Å². The minimum absolute atomic E-state index is 0.0583. The molecule has 15 nitrogen and oxygen atoms in total. The van der Waals surface area contributed by atoms with E-state index in [2.05, 4.69) is 20.6 Å². The number of hydrogen-bond acceptors (Lipinski definition) is 7. The Balaban J connectivity index is 2.84. The number of nitrogens with two attached hydrogens (primary N) is 5. The second-order valence-corrected chi connectivity index (χ2v) is 7.87. The molecule has 0 aromatic carbocycles. The van der Waals surface area contributed by atoms with Gasteiger partial charge in [0.2, 0.25) is 17.7 Å².